The number of aromatic nitrogens is 2. The van der Waals surface area contributed by atoms with Crippen molar-refractivity contribution in [3.8, 4) is 0 Å². The van der Waals surface area contributed by atoms with Crippen LogP contribution in [0.25, 0.3) is 0 Å². The lowest BCUT2D eigenvalue weighted by molar-refractivity contribution is -0.117. The number of rotatable bonds is 7. The maximum atomic E-state index is 12.7. The normalized spacial score (nSPS) is 18.5. The largest absolute Gasteiger partial charge is 0.365 e. The van der Waals surface area contributed by atoms with Crippen molar-refractivity contribution >= 4 is 34.0 Å². The summed E-state index contributed by atoms with van der Waals surface area (Å²) < 4.78 is 0. The van der Waals surface area contributed by atoms with Crippen molar-refractivity contribution in [3.63, 3.8) is 0 Å². The van der Waals surface area contributed by atoms with Crippen LogP contribution in [0.3, 0.4) is 0 Å². The van der Waals surface area contributed by atoms with Crippen LogP contribution in [0.4, 0.5) is 10.8 Å². The maximum Gasteiger partial charge on any atom is 0.251 e. The number of hydrogen-bond acceptors (Lipinski definition) is 7. The summed E-state index contributed by atoms with van der Waals surface area (Å²) in [5.41, 5.74) is 7.17. The van der Waals surface area contributed by atoms with Gasteiger partial charge in [-0.05, 0) is 63.3 Å². The molecule has 30 heavy (non-hydrogen) atoms. The van der Waals surface area contributed by atoms with Crippen LogP contribution in [0.2, 0.25) is 0 Å². The monoisotopic (exact) mass is 428 g/mol. The van der Waals surface area contributed by atoms with Gasteiger partial charge in [0, 0.05) is 30.2 Å². The predicted molar refractivity (Wildman–Crippen MR) is 118 cm³/mol. The zero-order valence-corrected chi connectivity index (χ0v) is 18.1. The number of likely N-dealkylation sites (N-methyl/N-ethyl adjacent to an activating group) is 1. The lowest BCUT2D eigenvalue weighted by Crippen LogP contribution is -2.42. The minimum atomic E-state index is -0.455. The van der Waals surface area contributed by atoms with E-state index in [1.165, 1.54) is 16.2 Å². The van der Waals surface area contributed by atoms with E-state index in [9.17, 15) is 9.59 Å². The second kappa shape index (κ2) is 9.09. The number of carbonyl (C=O) groups is 2. The van der Waals surface area contributed by atoms with Crippen LogP contribution in [0.5, 0.6) is 0 Å². The Balaban J connectivity index is 1.37. The number of anilines is 2. The maximum absolute atomic E-state index is 12.7. The highest BCUT2D eigenvalue weighted by Crippen LogP contribution is 2.37. The minimum absolute atomic E-state index is 0.123. The van der Waals surface area contributed by atoms with Gasteiger partial charge in [0.15, 0.2) is 5.82 Å². The van der Waals surface area contributed by atoms with Crippen molar-refractivity contribution < 1.29 is 9.59 Å². The molecule has 0 saturated carbocycles. The quantitative estimate of drug-likeness (QED) is 0.699. The Bertz CT molecular complexity index is 916. The molecule has 0 spiro atoms. The topological polar surface area (TPSA) is 104 Å². The third-order valence-electron chi connectivity index (χ3n) is 5.84. The number of aryl methyl sites for hydroxylation is 1. The summed E-state index contributed by atoms with van der Waals surface area (Å²) in [4.78, 5) is 30.2. The summed E-state index contributed by atoms with van der Waals surface area (Å²) in [6.45, 7) is 1.96. The number of primary amides is 1. The molecular formula is C21H28N6O2S. The highest BCUT2D eigenvalue weighted by molar-refractivity contribution is 7.17. The van der Waals surface area contributed by atoms with Crippen LogP contribution < -0.4 is 16.0 Å². The lowest BCUT2D eigenvalue weighted by Gasteiger charge is -2.28. The van der Waals surface area contributed by atoms with Gasteiger partial charge >= 0.3 is 0 Å². The van der Waals surface area contributed by atoms with E-state index in [1.807, 2.05) is 24.1 Å². The summed E-state index contributed by atoms with van der Waals surface area (Å²) in [7, 11) is 1.95. The van der Waals surface area contributed by atoms with Crippen LogP contribution in [-0.4, -0.2) is 59.6 Å². The van der Waals surface area contributed by atoms with Gasteiger partial charge in [0.1, 0.15) is 5.00 Å². The molecular weight excluding hydrogens is 400 g/mol. The standard InChI is InChI=1S/C21H28N6O2S/c1-26(12-14-6-5-11-27(14)17-9-4-10-23-25-17)13-18(28)24-21-19(20(22)29)15-7-2-3-8-16(15)30-21/h4,9-10,14H,2-3,5-8,11-13H2,1H3,(H2,22,29)(H,24,28). The molecule has 0 radical (unpaired) electrons. The van der Waals surface area contributed by atoms with Gasteiger partial charge in [0.2, 0.25) is 5.91 Å². The third kappa shape index (κ3) is 4.46. The summed E-state index contributed by atoms with van der Waals surface area (Å²) in [6, 6.07) is 4.17. The van der Waals surface area contributed by atoms with Gasteiger partial charge in [0.05, 0.1) is 12.1 Å². The number of nitrogens with zero attached hydrogens (tertiary/aromatic N) is 4. The number of amides is 2. The van der Waals surface area contributed by atoms with E-state index in [-0.39, 0.29) is 12.5 Å². The van der Waals surface area contributed by atoms with Gasteiger partial charge in [-0.3, -0.25) is 14.5 Å². The van der Waals surface area contributed by atoms with Crippen molar-refractivity contribution in [2.75, 3.05) is 36.9 Å². The first-order valence-corrected chi connectivity index (χ1v) is 11.3. The first kappa shape index (κ1) is 20.7. The van der Waals surface area contributed by atoms with Gasteiger partial charge < -0.3 is 16.0 Å². The molecule has 3 N–H and O–H groups in total. The second-order valence-corrected chi connectivity index (χ2v) is 9.20. The van der Waals surface area contributed by atoms with E-state index in [4.69, 9.17) is 5.73 Å². The minimum Gasteiger partial charge on any atom is -0.365 e. The Morgan fingerprint density at radius 2 is 2.17 bits per heavy atom. The summed E-state index contributed by atoms with van der Waals surface area (Å²) in [5, 5.41) is 11.8. The SMILES string of the molecule is CN(CC(=O)Nc1sc2c(c1C(N)=O)CCCC2)CC1CCCN1c1cccnn1. The molecule has 1 atom stereocenters. The van der Waals surface area contributed by atoms with E-state index in [2.05, 4.69) is 20.4 Å². The second-order valence-electron chi connectivity index (χ2n) is 8.10. The Morgan fingerprint density at radius 1 is 1.33 bits per heavy atom. The number of nitrogens with one attached hydrogen (secondary N) is 1. The molecule has 1 fully saturated rings. The smallest absolute Gasteiger partial charge is 0.251 e. The summed E-state index contributed by atoms with van der Waals surface area (Å²) >= 11 is 1.50. The molecule has 2 aromatic heterocycles. The Kier molecular flexibility index (Phi) is 6.29. The van der Waals surface area contributed by atoms with Crippen LogP contribution in [0.1, 0.15) is 46.5 Å². The molecule has 1 saturated heterocycles. The molecule has 8 nitrogen and oxygen atoms in total. The lowest BCUT2D eigenvalue weighted by atomic mass is 9.95. The number of nitrogens with two attached hydrogens (primary N) is 1. The van der Waals surface area contributed by atoms with E-state index < -0.39 is 5.91 Å². The molecule has 2 aliphatic rings. The van der Waals surface area contributed by atoms with Crippen molar-refractivity contribution in [1.82, 2.24) is 15.1 Å². The third-order valence-corrected chi connectivity index (χ3v) is 7.04. The average molecular weight is 429 g/mol. The van der Waals surface area contributed by atoms with Crippen molar-refractivity contribution in [1.29, 1.82) is 0 Å². The fourth-order valence-corrected chi connectivity index (χ4v) is 5.83. The molecule has 1 unspecified atom stereocenters. The molecule has 160 valence electrons. The molecule has 4 rings (SSSR count). The molecule has 3 heterocycles. The van der Waals surface area contributed by atoms with E-state index in [1.54, 1.807) is 6.20 Å². The van der Waals surface area contributed by atoms with Gasteiger partial charge in [-0.2, -0.15) is 5.10 Å². The molecule has 1 aliphatic heterocycles. The molecule has 0 aromatic carbocycles. The van der Waals surface area contributed by atoms with Gasteiger partial charge in [-0.1, -0.05) is 0 Å². The zero-order chi connectivity index (χ0) is 21.1. The van der Waals surface area contributed by atoms with Gasteiger partial charge in [-0.15, -0.1) is 16.4 Å². The van der Waals surface area contributed by atoms with E-state index in [0.717, 1.165) is 63.0 Å². The molecule has 2 amide bonds. The van der Waals surface area contributed by atoms with Crippen molar-refractivity contribution in [2.24, 2.45) is 5.73 Å². The van der Waals surface area contributed by atoms with E-state index in [0.29, 0.717) is 16.6 Å². The molecule has 0 bridgehead atoms. The molecule has 1 aliphatic carbocycles. The molecule has 9 heteroatoms. The predicted octanol–water partition coefficient (Wildman–Crippen LogP) is 2.06. The van der Waals surface area contributed by atoms with Gasteiger partial charge in [0.25, 0.3) is 5.91 Å². The van der Waals surface area contributed by atoms with Crippen LogP contribution in [0.15, 0.2) is 18.3 Å². The Morgan fingerprint density at radius 3 is 2.93 bits per heavy atom. The van der Waals surface area contributed by atoms with Crippen LogP contribution in [-0.2, 0) is 17.6 Å². The van der Waals surface area contributed by atoms with Gasteiger partial charge in [-0.25, -0.2) is 0 Å². The summed E-state index contributed by atoms with van der Waals surface area (Å²) in [6.07, 6.45) is 7.83. The highest BCUT2D eigenvalue weighted by atomic mass is 32.1. The Labute approximate surface area is 180 Å². The number of thiophene rings is 1. The summed E-state index contributed by atoms with van der Waals surface area (Å²) in [5.74, 6) is 0.305. The zero-order valence-electron chi connectivity index (χ0n) is 17.3. The Hall–Kier alpha value is -2.52. The van der Waals surface area contributed by atoms with Crippen LogP contribution in [0, 0.1) is 0 Å². The van der Waals surface area contributed by atoms with Crippen molar-refractivity contribution in [2.45, 2.75) is 44.6 Å². The fourth-order valence-electron chi connectivity index (χ4n) is 4.52. The first-order chi connectivity index (χ1) is 14.5. The van der Waals surface area contributed by atoms with Crippen molar-refractivity contribution in [3.05, 3.63) is 34.3 Å². The molecule has 2 aromatic rings. The highest BCUT2D eigenvalue weighted by Gasteiger charge is 2.28. The van der Waals surface area contributed by atoms with E-state index >= 15 is 0 Å². The first-order valence-electron chi connectivity index (χ1n) is 10.5. The number of fused-ring (bicyclic) bond motifs is 1. The number of hydrogen-bond donors (Lipinski definition) is 2. The van der Waals surface area contributed by atoms with Crippen LogP contribution >= 0.6 is 11.3 Å². The number of carbonyl (C=O) groups excluding carboxylic acids is 2. The average Bonchev–Trinajstić information content (AvgIpc) is 3.32. The fraction of sp³-hybridized carbons (Fsp3) is 0.524.